The zero-order chi connectivity index (χ0) is 7.56. The van der Waals surface area contributed by atoms with Crippen LogP contribution < -0.4 is 10.5 Å². The van der Waals surface area contributed by atoms with Crippen LogP contribution >= 0.6 is 0 Å². The van der Waals surface area contributed by atoms with Crippen molar-refractivity contribution in [2.45, 2.75) is 13.0 Å². The van der Waals surface area contributed by atoms with Gasteiger partial charge in [-0.05, 0) is 6.92 Å². The molecule has 0 aliphatic rings. The Morgan fingerprint density at radius 1 is 1.80 bits per heavy atom. The first-order chi connectivity index (χ1) is 4.70. The molecule has 1 atom stereocenters. The molecule has 4 heteroatoms. The molecule has 0 aliphatic heterocycles. The first-order valence-corrected chi connectivity index (χ1v) is 3.00. The summed E-state index contributed by atoms with van der Waals surface area (Å²) in [5.74, 6) is 5.36. The van der Waals surface area contributed by atoms with E-state index in [-0.39, 0.29) is 0 Å². The second-order valence-electron chi connectivity index (χ2n) is 2.10. The van der Waals surface area contributed by atoms with Gasteiger partial charge in [-0.3, -0.25) is 0 Å². The average molecular weight is 140 g/mol. The average Bonchev–Trinajstić information content (AvgIpc) is 1.88. The molecule has 1 unspecified atom stereocenters. The molecule has 4 nitrogen and oxygen atoms in total. The first kappa shape index (κ1) is 6.95. The maximum atomic E-state index is 9.02. The lowest BCUT2D eigenvalue weighted by Crippen LogP contribution is -2.44. The number of hydrogen-bond acceptors (Lipinski definition) is 3. The van der Waals surface area contributed by atoms with Crippen molar-refractivity contribution in [2.75, 3.05) is 5.84 Å². The van der Waals surface area contributed by atoms with Crippen molar-refractivity contribution in [3.63, 3.8) is 0 Å². The molecule has 1 heterocycles. The molecule has 1 rings (SSSR count). The predicted octanol–water partition coefficient (Wildman–Crippen LogP) is -0.864. The van der Waals surface area contributed by atoms with Gasteiger partial charge in [0.25, 0.3) is 0 Å². The van der Waals surface area contributed by atoms with Gasteiger partial charge in [-0.25, -0.2) is 10.8 Å². The van der Waals surface area contributed by atoms with Crippen LogP contribution in [0, 0.1) is 0 Å². The normalized spacial score (nSPS) is 13.0. The van der Waals surface area contributed by atoms with Crippen LogP contribution in [-0.4, -0.2) is 10.1 Å². The number of nitrogens with zero attached hydrogens (tertiary/aromatic N) is 2. The highest BCUT2D eigenvalue weighted by molar-refractivity contribution is 4.93. The van der Waals surface area contributed by atoms with Crippen LogP contribution in [0.4, 0.5) is 0 Å². The second-order valence-corrected chi connectivity index (χ2v) is 2.10. The number of hydrogen-bond donors (Lipinski definition) is 2. The van der Waals surface area contributed by atoms with Crippen molar-refractivity contribution in [2.24, 2.45) is 0 Å². The van der Waals surface area contributed by atoms with E-state index in [9.17, 15) is 0 Å². The standard InChI is InChI=1S/C6H10N3O/c1-5(10)6-4-9(7)3-2-8-6/h2-5,10H,1H3,(H2,7,8)/q+1. The minimum atomic E-state index is -0.559. The summed E-state index contributed by atoms with van der Waals surface area (Å²) in [6, 6.07) is 0. The minimum Gasteiger partial charge on any atom is -0.387 e. The van der Waals surface area contributed by atoms with E-state index in [2.05, 4.69) is 4.98 Å². The van der Waals surface area contributed by atoms with E-state index in [1.807, 2.05) is 0 Å². The van der Waals surface area contributed by atoms with E-state index in [4.69, 9.17) is 10.9 Å². The summed E-state index contributed by atoms with van der Waals surface area (Å²) in [6.45, 7) is 1.64. The first-order valence-electron chi connectivity index (χ1n) is 3.00. The van der Waals surface area contributed by atoms with E-state index < -0.39 is 6.10 Å². The molecule has 0 fully saturated rings. The third kappa shape index (κ3) is 1.41. The van der Waals surface area contributed by atoms with Crippen LogP contribution in [-0.2, 0) is 0 Å². The van der Waals surface area contributed by atoms with Gasteiger partial charge in [0.2, 0.25) is 12.4 Å². The smallest absolute Gasteiger partial charge is 0.223 e. The maximum absolute atomic E-state index is 9.02. The van der Waals surface area contributed by atoms with Crippen LogP contribution in [0.3, 0.4) is 0 Å². The van der Waals surface area contributed by atoms with Crippen molar-refractivity contribution >= 4 is 0 Å². The lowest BCUT2D eigenvalue weighted by Gasteiger charge is -1.97. The number of nitrogen functional groups attached to an aromatic ring is 1. The highest BCUT2D eigenvalue weighted by Gasteiger charge is 2.05. The quantitative estimate of drug-likeness (QED) is 0.394. The highest BCUT2D eigenvalue weighted by Crippen LogP contribution is 2.02. The Labute approximate surface area is 58.9 Å². The molecule has 0 bridgehead atoms. The SMILES string of the molecule is CC(O)c1c[n+](N)ccn1. The van der Waals surface area contributed by atoms with Crippen LogP contribution in [0.15, 0.2) is 18.6 Å². The molecule has 0 spiro atoms. The number of aliphatic hydroxyl groups excluding tert-OH is 1. The third-order valence-corrected chi connectivity index (χ3v) is 1.17. The van der Waals surface area contributed by atoms with Gasteiger partial charge in [-0.1, -0.05) is 4.68 Å². The summed E-state index contributed by atoms with van der Waals surface area (Å²) in [4.78, 5) is 3.89. The van der Waals surface area contributed by atoms with Gasteiger partial charge in [0.05, 0.1) is 12.3 Å². The number of aromatic nitrogens is 2. The van der Waals surface area contributed by atoms with Crippen LogP contribution in [0.5, 0.6) is 0 Å². The van der Waals surface area contributed by atoms with E-state index >= 15 is 0 Å². The van der Waals surface area contributed by atoms with Crippen LogP contribution in [0.25, 0.3) is 0 Å². The van der Waals surface area contributed by atoms with Crippen molar-refractivity contribution in [1.29, 1.82) is 0 Å². The fraction of sp³-hybridized carbons (Fsp3) is 0.333. The predicted molar refractivity (Wildman–Crippen MR) is 35.2 cm³/mol. The van der Waals surface area contributed by atoms with Crippen molar-refractivity contribution in [1.82, 2.24) is 4.98 Å². The van der Waals surface area contributed by atoms with Crippen LogP contribution in [0.1, 0.15) is 18.7 Å². The minimum absolute atomic E-state index is 0.559. The van der Waals surface area contributed by atoms with Gasteiger partial charge >= 0.3 is 0 Å². The Hall–Kier alpha value is -1.16. The van der Waals surface area contributed by atoms with Gasteiger partial charge < -0.3 is 5.11 Å². The molecule has 3 N–H and O–H groups in total. The Morgan fingerprint density at radius 2 is 2.50 bits per heavy atom. The molecule has 1 aromatic heterocycles. The lowest BCUT2D eigenvalue weighted by molar-refractivity contribution is -0.640. The molecule has 54 valence electrons. The Bertz CT molecular complexity index is 224. The molecular formula is C6H10N3O+. The van der Waals surface area contributed by atoms with Gasteiger partial charge in [0.15, 0.2) is 0 Å². The zero-order valence-corrected chi connectivity index (χ0v) is 5.73. The Kier molecular flexibility index (Phi) is 1.82. The Balaban J connectivity index is 2.96. The molecular weight excluding hydrogens is 130 g/mol. The van der Waals surface area contributed by atoms with Gasteiger partial charge in [-0.2, -0.15) is 0 Å². The fourth-order valence-corrected chi connectivity index (χ4v) is 0.641. The Morgan fingerprint density at radius 3 is 2.90 bits per heavy atom. The van der Waals surface area contributed by atoms with Gasteiger partial charge in [0, 0.05) is 0 Å². The number of rotatable bonds is 1. The molecule has 0 amide bonds. The van der Waals surface area contributed by atoms with Gasteiger partial charge in [-0.15, -0.1) is 0 Å². The second kappa shape index (κ2) is 2.62. The zero-order valence-electron chi connectivity index (χ0n) is 5.73. The summed E-state index contributed by atoms with van der Waals surface area (Å²) < 4.78 is 1.36. The van der Waals surface area contributed by atoms with Crippen LogP contribution in [0.2, 0.25) is 0 Å². The molecule has 0 aliphatic carbocycles. The van der Waals surface area contributed by atoms with Crippen molar-refractivity contribution in [3.05, 3.63) is 24.3 Å². The van der Waals surface area contributed by atoms with E-state index in [1.54, 1.807) is 25.5 Å². The fourth-order valence-electron chi connectivity index (χ4n) is 0.641. The monoisotopic (exact) mass is 140 g/mol. The maximum Gasteiger partial charge on any atom is 0.223 e. The lowest BCUT2D eigenvalue weighted by atomic mass is 10.3. The van der Waals surface area contributed by atoms with Crippen molar-refractivity contribution < 1.29 is 9.78 Å². The molecule has 1 aromatic rings. The number of aliphatic hydroxyl groups is 1. The molecule has 0 aromatic carbocycles. The number of nitrogens with two attached hydrogens (primary N) is 1. The molecule has 0 saturated carbocycles. The largest absolute Gasteiger partial charge is 0.387 e. The summed E-state index contributed by atoms with van der Waals surface area (Å²) >= 11 is 0. The topological polar surface area (TPSA) is 63.0 Å². The van der Waals surface area contributed by atoms with E-state index in [1.165, 1.54) is 4.68 Å². The molecule has 0 saturated heterocycles. The van der Waals surface area contributed by atoms with E-state index in [0.717, 1.165) is 0 Å². The highest BCUT2D eigenvalue weighted by atomic mass is 16.3. The summed E-state index contributed by atoms with van der Waals surface area (Å²) in [5.41, 5.74) is 0.574. The van der Waals surface area contributed by atoms with Crippen molar-refractivity contribution in [3.8, 4) is 0 Å². The summed E-state index contributed by atoms with van der Waals surface area (Å²) in [6.07, 6.45) is 4.16. The molecule has 0 radical (unpaired) electrons. The van der Waals surface area contributed by atoms with Gasteiger partial charge in [0.1, 0.15) is 5.69 Å². The molecule has 10 heavy (non-hydrogen) atoms. The third-order valence-electron chi connectivity index (χ3n) is 1.17. The van der Waals surface area contributed by atoms with E-state index in [0.29, 0.717) is 5.69 Å². The summed E-state index contributed by atoms with van der Waals surface area (Å²) in [7, 11) is 0. The summed E-state index contributed by atoms with van der Waals surface area (Å²) in [5, 5.41) is 9.02.